The number of anilines is 1. The van der Waals surface area contributed by atoms with E-state index in [4.69, 9.17) is 9.47 Å². The largest absolute Gasteiger partial charge is 0.452 e. The summed E-state index contributed by atoms with van der Waals surface area (Å²) in [6.07, 6.45) is 0. The minimum atomic E-state index is -0.787. The molecule has 2 aromatic rings. The van der Waals surface area contributed by atoms with Crippen molar-refractivity contribution in [1.29, 1.82) is 0 Å². The van der Waals surface area contributed by atoms with Crippen LogP contribution in [0.4, 0.5) is 14.5 Å². The van der Waals surface area contributed by atoms with E-state index in [2.05, 4.69) is 5.32 Å². The van der Waals surface area contributed by atoms with E-state index in [0.717, 1.165) is 23.8 Å². The first kappa shape index (κ1) is 17.6. The van der Waals surface area contributed by atoms with Gasteiger partial charge in [-0.05, 0) is 29.8 Å². The molecule has 1 N–H and O–H groups in total. The van der Waals surface area contributed by atoms with Crippen molar-refractivity contribution < 1.29 is 27.8 Å². The monoisotopic (exact) mass is 335 g/mol. The quantitative estimate of drug-likeness (QED) is 0.825. The Morgan fingerprint density at radius 1 is 1.08 bits per heavy atom. The van der Waals surface area contributed by atoms with Gasteiger partial charge in [-0.15, -0.1) is 0 Å². The predicted octanol–water partition coefficient (Wildman–Crippen LogP) is 2.91. The molecule has 7 heteroatoms. The Morgan fingerprint density at radius 2 is 1.79 bits per heavy atom. The molecule has 0 atom stereocenters. The van der Waals surface area contributed by atoms with E-state index < -0.39 is 30.1 Å². The van der Waals surface area contributed by atoms with Gasteiger partial charge >= 0.3 is 5.97 Å². The Bertz CT molecular complexity index is 732. The van der Waals surface area contributed by atoms with Crippen LogP contribution in [0, 0.1) is 11.6 Å². The number of carbonyl (C=O) groups is 2. The first-order valence-corrected chi connectivity index (χ1v) is 6.99. The highest BCUT2D eigenvalue weighted by molar-refractivity contribution is 5.95. The minimum Gasteiger partial charge on any atom is -0.452 e. The van der Waals surface area contributed by atoms with Gasteiger partial charge in [0.1, 0.15) is 11.6 Å². The Hall–Kier alpha value is -2.80. The summed E-state index contributed by atoms with van der Waals surface area (Å²) in [6.45, 7) is -0.203. The number of hydrogen-bond donors (Lipinski definition) is 1. The van der Waals surface area contributed by atoms with Crippen LogP contribution in [0.1, 0.15) is 15.9 Å². The Balaban J connectivity index is 1.88. The molecule has 0 radical (unpaired) electrons. The van der Waals surface area contributed by atoms with Crippen LogP contribution in [-0.4, -0.2) is 25.6 Å². The normalized spacial score (nSPS) is 10.3. The standard InChI is InChI=1S/C17H15F2NO4/c1-23-9-11-2-4-12(5-3-11)17(22)24-10-16(21)20-15-8-13(18)6-7-14(15)19/h2-8H,9-10H2,1H3,(H,20,21). The van der Waals surface area contributed by atoms with E-state index in [1.165, 1.54) is 0 Å². The molecule has 0 aliphatic rings. The SMILES string of the molecule is COCc1ccc(C(=O)OCC(=O)Nc2cc(F)ccc2F)cc1. The van der Waals surface area contributed by atoms with E-state index in [9.17, 15) is 18.4 Å². The molecule has 24 heavy (non-hydrogen) atoms. The second-order valence-electron chi connectivity index (χ2n) is 4.88. The van der Waals surface area contributed by atoms with Crippen molar-refractivity contribution in [2.24, 2.45) is 0 Å². The molecule has 0 aliphatic carbocycles. The minimum absolute atomic E-state index is 0.264. The highest BCUT2D eigenvalue weighted by atomic mass is 19.1. The first-order valence-electron chi connectivity index (χ1n) is 6.99. The fourth-order valence-corrected chi connectivity index (χ4v) is 1.90. The number of amides is 1. The zero-order valence-electron chi connectivity index (χ0n) is 12.8. The molecular weight excluding hydrogens is 320 g/mol. The fraction of sp³-hybridized carbons (Fsp3) is 0.176. The number of rotatable bonds is 6. The van der Waals surface area contributed by atoms with Gasteiger partial charge in [0.05, 0.1) is 17.9 Å². The summed E-state index contributed by atoms with van der Waals surface area (Å²) in [5.41, 5.74) is 0.827. The third-order valence-corrected chi connectivity index (χ3v) is 3.04. The van der Waals surface area contributed by atoms with Crippen LogP contribution in [0.25, 0.3) is 0 Å². The van der Waals surface area contributed by atoms with Crippen LogP contribution in [0.5, 0.6) is 0 Å². The average Bonchev–Trinajstić information content (AvgIpc) is 2.57. The molecule has 0 heterocycles. The van der Waals surface area contributed by atoms with Gasteiger partial charge in [-0.3, -0.25) is 4.79 Å². The third-order valence-electron chi connectivity index (χ3n) is 3.04. The van der Waals surface area contributed by atoms with Gasteiger partial charge in [0, 0.05) is 13.2 Å². The Kier molecular flexibility index (Phi) is 5.97. The maximum Gasteiger partial charge on any atom is 0.338 e. The summed E-state index contributed by atoms with van der Waals surface area (Å²) in [6, 6.07) is 9.13. The van der Waals surface area contributed by atoms with E-state index in [-0.39, 0.29) is 11.3 Å². The Labute approximate surface area is 137 Å². The molecule has 0 fully saturated rings. The second kappa shape index (κ2) is 8.16. The van der Waals surface area contributed by atoms with Crippen molar-refractivity contribution in [3.63, 3.8) is 0 Å². The molecule has 0 spiro atoms. The maximum atomic E-state index is 13.4. The van der Waals surface area contributed by atoms with Gasteiger partial charge in [0.2, 0.25) is 0 Å². The van der Waals surface area contributed by atoms with Crippen molar-refractivity contribution in [2.45, 2.75) is 6.61 Å². The van der Waals surface area contributed by atoms with Gasteiger partial charge in [-0.1, -0.05) is 12.1 Å². The fourth-order valence-electron chi connectivity index (χ4n) is 1.90. The van der Waals surface area contributed by atoms with E-state index in [1.807, 2.05) is 0 Å². The van der Waals surface area contributed by atoms with Gasteiger partial charge in [-0.2, -0.15) is 0 Å². The number of nitrogens with one attached hydrogen (secondary N) is 1. The summed E-state index contributed by atoms with van der Waals surface area (Å²) in [7, 11) is 1.56. The molecule has 1 amide bonds. The van der Waals surface area contributed by atoms with Crippen LogP contribution < -0.4 is 5.32 Å². The van der Waals surface area contributed by atoms with Crippen molar-refractivity contribution >= 4 is 17.6 Å². The molecule has 0 aromatic heterocycles. The summed E-state index contributed by atoms with van der Waals surface area (Å²) in [4.78, 5) is 23.5. The van der Waals surface area contributed by atoms with Crippen molar-refractivity contribution in [3.05, 3.63) is 65.2 Å². The molecule has 0 saturated carbocycles. The van der Waals surface area contributed by atoms with Gasteiger partial charge in [-0.25, -0.2) is 13.6 Å². The summed E-state index contributed by atoms with van der Waals surface area (Å²) < 4.78 is 36.2. The number of halogens is 2. The van der Waals surface area contributed by atoms with Gasteiger partial charge in [0.15, 0.2) is 6.61 Å². The highest BCUT2D eigenvalue weighted by Crippen LogP contribution is 2.15. The molecule has 2 aromatic carbocycles. The lowest BCUT2D eigenvalue weighted by Crippen LogP contribution is -2.21. The van der Waals surface area contributed by atoms with Crippen molar-refractivity contribution in [3.8, 4) is 0 Å². The van der Waals surface area contributed by atoms with E-state index in [0.29, 0.717) is 6.61 Å². The number of benzene rings is 2. The van der Waals surface area contributed by atoms with Gasteiger partial charge < -0.3 is 14.8 Å². The summed E-state index contributed by atoms with van der Waals surface area (Å²) in [5.74, 6) is -2.96. The van der Waals surface area contributed by atoms with Crippen molar-refractivity contribution in [1.82, 2.24) is 0 Å². The predicted molar refractivity (Wildman–Crippen MR) is 82.4 cm³/mol. The lowest BCUT2D eigenvalue weighted by atomic mass is 10.1. The van der Waals surface area contributed by atoms with E-state index in [1.54, 1.807) is 31.4 Å². The van der Waals surface area contributed by atoms with Gasteiger partial charge in [0.25, 0.3) is 5.91 Å². The smallest absolute Gasteiger partial charge is 0.338 e. The Morgan fingerprint density at radius 3 is 2.46 bits per heavy atom. The molecular formula is C17H15F2NO4. The maximum absolute atomic E-state index is 13.4. The number of hydrogen-bond acceptors (Lipinski definition) is 4. The first-order chi connectivity index (χ1) is 11.5. The number of esters is 1. The number of ether oxygens (including phenoxy) is 2. The van der Waals surface area contributed by atoms with Crippen LogP contribution in [-0.2, 0) is 20.9 Å². The van der Waals surface area contributed by atoms with Crippen molar-refractivity contribution in [2.75, 3.05) is 19.0 Å². The average molecular weight is 335 g/mol. The molecule has 0 aliphatic heterocycles. The molecule has 0 bridgehead atoms. The highest BCUT2D eigenvalue weighted by Gasteiger charge is 2.12. The van der Waals surface area contributed by atoms with Crippen LogP contribution in [0.2, 0.25) is 0 Å². The number of carbonyl (C=O) groups excluding carboxylic acids is 2. The lowest BCUT2D eigenvalue weighted by molar-refractivity contribution is -0.119. The summed E-state index contributed by atoms with van der Waals surface area (Å²) >= 11 is 0. The molecule has 0 saturated heterocycles. The molecule has 0 unspecified atom stereocenters. The molecule has 126 valence electrons. The summed E-state index contributed by atoms with van der Waals surface area (Å²) in [5, 5.41) is 2.14. The van der Waals surface area contributed by atoms with Crippen LogP contribution >= 0.6 is 0 Å². The third kappa shape index (κ3) is 4.85. The zero-order chi connectivity index (χ0) is 17.5. The second-order valence-corrected chi connectivity index (χ2v) is 4.88. The van der Waals surface area contributed by atoms with E-state index >= 15 is 0 Å². The zero-order valence-corrected chi connectivity index (χ0v) is 12.8. The van der Waals surface area contributed by atoms with Crippen LogP contribution in [0.3, 0.4) is 0 Å². The molecule has 2 rings (SSSR count). The van der Waals surface area contributed by atoms with Crippen LogP contribution in [0.15, 0.2) is 42.5 Å². The lowest BCUT2D eigenvalue weighted by Gasteiger charge is -2.08. The number of methoxy groups -OCH3 is 1. The topological polar surface area (TPSA) is 64.6 Å². The molecule has 5 nitrogen and oxygen atoms in total.